The van der Waals surface area contributed by atoms with E-state index in [0.29, 0.717) is 5.56 Å². The van der Waals surface area contributed by atoms with E-state index in [1.54, 1.807) is 7.05 Å². The molecule has 0 N–H and O–H groups in total. The highest BCUT2D eigenvalue weighted by Gasteiger charge is 2.31. The van der Waals surface area contributed by atoms with Gasteiger partial charge in [0.2, 0.25) is 5.91 Å². The number of carbonyl (C=O) groups excluding carboxylic acids is 1. The minimum absolute atomic E-state index is 0.0900. The van der Waals surface area contributed by atoms with Crippen LogP contribution in [0.15, 0.2) is 21.9 Å². The molecule has 3 heterocycles. The van der Waals surface area contributed by atoms with Crippen LogP contribution in [0.4, 0.5) is 0 Å². The van der Waals surface area contributed by atoms with E-state index in [1.165, 1.54) is 30.0 Å². The number of likely N-dealkylation sites (tertiary alicyclic amines) is 1. The van der Waals surface area contributed by atoms with Crippen LogP contribution in [0.2, 0.25) is 0 Å². The number of rotatable bonds is 4. The minimum Gasteiger partial charge on any atom is -0.373 e. The van der Waals surface area contributed by atoms with E-state index in [4.69, 9.17) is 4.74 Å². The maximum atomic E-state index is 12.8. The zero-order chi connectivity index (χ0) is 20.4. The summed E-state index contributed by atoms with van der Waals surface area (Å²) in [7, 11) is 3.02. The molecule has 0 radical (unpaired) electrons. The molecule has 1 aromatic heterocycles. The van der Waals surface area contributed by atoms with Crippen molar-refractivity contribution in [2.24, 2.45) is 14.1 Å². The largest absolute Gasteiger partial charge is 0.373 e. The van der Waals surface area contributed by atoms with Gasteiger partial charge in [-0.2, -0.15) is 0 Å². The Hall–Kier alpha value is -2.19. The molecule has 0 saturated carbocycles. The van der Waals surface area contributed by atoms with Crippen molar-refractivity contribution in [1.29, 1.82) is 0 Å². The van der Waals surface area contributed by atoms with Gasteiger partial charge in [0.05, 0.1) is 17.8 Å². The fourth-order valence-electron chi connectivity index (χ4n) is 4.25. The van der Waals surface area contributed by atoms with E-state index >= 15 is 0 Å². The number of amides is 1. The molecule has 3 rings (SSSR count). The summed E-state index contributed by atoms with van der Waals surface area (Å²) in [5.41, 5.74) is -0.465. The Morgan fingerprint density at radius 2 is 1.89 bits per heavy atom. The van der Waals surface area contributed by atoms with Crippen molar-refractivity contribution in [2.75, 3.05) is 26.2 Å². The van der Waals surface area contributed by atoms with Gasteiger partial charge in [0.15, 0.2) is 0 Å². The van der Waals surface area contributed by atoms with Crippen LogP contribution in [-0.4, -0.2) is 69.3 Å². The molecule has 1 amide bonds. The first kappa shape index (κ1) is 20.5. The van der Waals surface area contributed by atoms with Crippen LogP contribution in [0.5, 0.6) is 0 Å². The zero-order valence-corrected chi connectivity index (χ0v) is 17.1. The topological polar surface area (TPSA) is 76.8 Å². The molecule has 2 aliphatic heterocycles. The van der Waals surface area contributed by atoms with Crippen LogP contribution < -0.4 is 11.2 Å². The maximum Gasteiger partial charge on any atom is 0.330 e. The Labute approximate surface area is 165 Å². The third-order valence-corrected chi connectivity index (χ3v) is 5.50. The smallest absolute Gasteiger partial charge is 0.330 e. The number of hydrogen-bond acceptors (Lipinski definition) is 5. The Morgan fingerprint density at radius 1 is 1.21 bits per heavy atom. The molecule has 3 unspecified atom stereocenters. The summed E-state index contributed by atoms with van der Waals surface area (Å²) in [4.78, 5) is 41.0. The van der Waals surface area contributed by atoms with Crippen molar-refractivity contribution in [2.45, 2.75) is 44.9 Å². The normalized spacial score (nSPS) is 26.3. The molecule has 8 heteroatoms. The first-order valence-electron chi connectivity index (χ1n) is 9.89. The number of hydrogen-bond donors (Lipinski definition) is 0. The summed E-state index contributed by atoms with van der Waals surface area (Å²) in [6.07, 6.45) is 6.81. The van der Waals surface area contributed by atoms with Gasteiger partial charge < -0.3 is 14.2 Å². The lowest BCUT2D eigenvalue weighted by atomic mass is 10.1. The summed E-state index contributed by atoms with van der Waals surface area (Å²) < 4.78 is 8.18. The number of carbonyl (C=O) groups is 1. The van der Waals surface area contributed by atoms with Crippen molar-refractivity contribution < 1.29 is 9.53 Å². The minimum atomic E-state index is -0.401. The molecule has 28 heavy (non-hydrogen) atoms. The first-order valence-corrected chi connectivity index (χ1v) is 9.89. The molecule has 0 bridgehead atoms. The summed E-state index contributed by atoms with van der Waals surface area (Å²) in [6.45, 7) is 7.50. The predicted octanol–water partition coefficient (Wildman–Crippen LogP) is 0.197. The average Bonchev–Trinajstić information content (AvgIpc) is 3.09. The van der Waals surface area contributed by atoms with Gasteiger partial charge in [0, 0.05) is 58.6 Å². The summed E-state index contributed by atoms with van der Waals surface area (Å²) in [5, 5.41) is 0. The second-order valence-electron chi connectivity index (χ2n) is 7.98. The quantitative estimate of drug-likeness (QED) is 0.687. The highest BCUT2D eigenvalue weighted by atomic mass is 16.5. The number of aromatic nitrogens is 2. The molecule has 2 aliphatic rings. The molecule has 8 nitrogen and oxygen atoms in total. The van der Waals surface area contributed by atoms with Crippen LogP contribution in [0.25, 0.3) is 6.08 Å². The van der Waals surface area contributed by atoms with Gasteiger partial charge in [-0.1, -0.05) is 0 Å². The van der Waals surface area contributed by atoms with Gasteiger partial charge >= 0.3 is 5.69 Å². The highest BCUT2D eigenvalue weighted by Crippen LogP contribution is 2.21. The molecule has 2 saturated heterocycles. The molecule has 0 aliphatic carbocycles. The van der Waals surface area contributed by atoms with Crippen molar-refractivity contribution in [3.8, 4) is 0 Å². The lowest BCUT2D eigenvalue weighted by Gasteiger charge is -2.38. The fraction of sp³-hybridized carbons (Fsp3) is 0.650. The van der Waals surface area contributed by atoms with Crippen LogP contribution in [0, 0.1) is 0 Å². The van der Waals surface area contributed by atoms with E-state index in [9.17, 15) is 14.4 Å². The second kappa shape index (κ2) is 8.45. The van der Waals surface area contributed by atoms with Gasteiger partial charge in [-0.3, -0.25) is 19.1 Å². The van der Waals surface area contributed by atoms with E-state index in [1.807, 2.05) is 4.90 Å². The van der Waals surface area contributed by atoms with Gasteiger partial charge in [0.25, 0.3) is 5.56 Å². The van der Waals surface area contributed by atoms with Crippen molar-refractivity contribution in [1.82, 2.24) is 18.9 Å². The Bertz CT molecular complexity index is 862. The van der Waals surface area contributed by atoms with E-state index in [0.717, 1.165) is 43.6 Å². The Morgan fingerprint density at radius 3 is 2.57 bits per heavy atom. The fourth-order valence-corrected chi connectivity index (χ4v) is 4.25. The summed E-state index contributed by atoms with van der Waals surface area (Å²) >= 11 is 0. The lowest BCUT2D eigenvalue weighted by Crippen LogP contribution is -2.50. The number of morpholine rings is 1. The Balaban J connectivity index is 1.69. The third-order valence-electron chi connectivity index (χ3n) is 5.50. The molecular weight excluding hydrogens is 360 g/mol. The molecule has 3 atom stereocenters. The number of nitrogens with zero attached hydrogens (tertiary/aromatic N) is 4. The highest BCUT2D eigenvalue weighted by molar-refractivity contribution is 5.92. The van der Waals surface area contributed by atoms with E-state index in [-0.39, 0.29) is 29.8 Å². The lowest BCUT2D eigenvalue weighted by molar-refractivity contribution is -0.127. The van der Waals surface area contributed by atoms with Gasteiger partial charge in [0.1, 0.15) is 0 Å². The summed E-state index contributed by atoms with van der Waals surface area (Å²) in [5.74, 6) is -0.0900. The van der Waals surface area contributed by atoms with Crippen molar-refractivity contribution >= 4 is 12.0 Å². The van der Waals surface area contributed by atoms with Gasteiger partial charge in [-0.15, -0.1) is 0 Å². The Kier molecular flexibility index (Phi) is 6.20. The molecule has 0 spiro atoms. The molecule has 1 aromatic rings. The summed E-state index contributed by atoms with van der Waals surface area (Å²) in [6, 6.07) is 0.178. The van der Waals surface area contributed by atoms with Crippen molar-refractivity contribution in [3.63, 3.8) is 0 Å². The van der Waals surface area contributed by atoms with Gasteiger partial charge in [-0.25, -0.2) is 4.79 Å². The van der Waals surface area contributed by atoms with E-state index < -0.39 is 5.56 Å². The first-order chi connectivity index (χ1) is 13.3. The third kappa shape index (κ3) is 4.44. The monoisotopic (exact) mass is 390 g/mol. The standard InChI is InChI=1S/C20H30N4O4/c1-14-10-23(11-15(2)28-14)13-17-6-5-9-24(17)18(25)8-7-16-12-21(3)20(27)22(4)19(16)26/h7-8,12,14-15,17H,5-6,9-11,13H2,1-4H3/b8-7+. The average molecular weight is 390 g/mol. The maximum absolute atomic E-state index is 12.8. The molecule has 154 valence electrons. The zero-order valence-electron chi connectivity index (χ0n) is 17.1. The van der Waals surface area contributed by atoms with Crippen LogP contribution in [-0.2, 0) is 23.6 Å². The van der Waals surface area contributed by atoms with Crippen LogP contribution in [0.1, 0.15) is 32.3 Å². The van der Waals surface area contributed by atoms with E-state index in [2.05, 4.69) is 18.7 Å². The molecular formula is C20H30N4O4. The molecule has 2 fully saturated rings. The van der Waals surface area contributed by atoms with Crippen LogP contribution in [0.3, 0.4) is 0 Å². The SMILES string of the molecule is CC1CN(CC2CCCN2C(=O)/C=C/c2cn(C)c(=O)n(C)c2=O)CC(C)O1. The number of ether oxygens (including phenoxy) is 1. The van der Waals surface area contributed by atoms with Gasteiger partial charge in [-0.05, 0) is 32.8 Å². The number of aryl methyl sites for hydroxylation is 1. The van der Waals surface area contributed by atoms with Crippen LogP contribution >= 0.6 is 0 Å². The second-order valence-corrected chi connectivity index (χ2v) is 7.98. The molecule has 0 aromatic carbocycles. The predicted molar refractivity (Wildman–Crippen MR) is 107 cm³/mol. The van der Waals surface area contributed by atoms with Crippen molar-refractivity contribution in [3.05, 3.63) is 38.7 Å².